The monoisotopic (exact) mass is 222 g/mol. The Kier molecular flexibility index (Phi) is 4.20. The van der Waals surface area contributed by atoms with E-state index < -0.39 is 0 Å². The molecule has 1 fully saturated rings. The van der Waals surface area contributed by atoms with Gasteiger partial charge < -0.3 is 4.74 Å². The number of ether oxygens (including phenoxy) is 1. The van der Waals surface area contributed by atoms with E-state index in [1.807, 2.05) is 30.3 Å². The van der Waals surface area contributed by atoms with Gasteiger partial charge in [0.05, 0.1) is 13.3 Å². The van der Waals surface area contributed by atoms with Crippen molar-refractivity contribution in [1.82, 2.24) is 0 Å². The van der Waals surface area contributed by atoms with Crippen molar-refractivity contribution in [2.75, 3.05) is 13.3 Å². The zero-order valence-corrected chi connectivity index (χ0v) is 9.57. The van der Waals surface area contributed by atoms with E-state index in [4.69, 9.17) is 4.74 Å². The van der Waals surface area contributed by atoms with Gasteiger partial charge in [0.2, 0.25) is 0 Å². The SMILES string of the molecule is FCC1CCC(CCOc2ccccc2)C1. The summed E-state index contributed by atoms with van der Waals surface area (Å²) in [5, 5.41) is 0. The molecule has 1 nitrogen and oxygen atoms in total. The van der Waals surface area contributed by atoms with Crippen LogP contribution in [0.25, 0.3) is 0 Å². The topological polar surface area (TPSA) is 9.23 Å². The van der Waals surface area contributed by atoms with Gasteiger partial charge in [0.15, 0.2) is 0 Å². The van der Waals surface area contributed by atoms with Gasteiger partial charge in [0.25, 0.3) is 0 Å². The van der Waals surface area contributed by atoms with Crippen LogP contribution in [-0.2, 0) is 0 Å². The van der Waals surface area contributed by atoms with E-state index in [9.17, 15) is 4.39 Å². The molecular weight excluding hydrogens is 203 g/mol. The number of hydrogen-bond donors (Lipinski definition) is 0. The predicted molar refractivity (Wildman–Crippen MR) is 63.4 cm³/mol. The van der Waals surface area contributed by atoms with Crippen molar-refractivity contribution < 1.29 is 9.13 Å². The lowest BCUT2D eigenvalue weighted by Crippen LogP contribution is -2.05. The van der Waals surface area contributed by atoms with Gasteiger partial charge in [-0.15, -0.1) is 0 Å². The second-order valence-corrected chi connectivity index (χ2v) is 4.65. The van der Waals surface area contributed by atoms with Crippen LogP contribution in [0.15, 0.2) is 30.3 Å². The van der Waals surface area contributed by atoms with Crippen molar-refractivity contribution in [1.29, 1.82) is 0 Å². The summed E-state index contributed by atoms with van der Waals surface area (Å²) in [5.41, 5.74) is 0. The summed E-state index contributed by atoms with van der Waals surface area (Å²) in [5.74, 6) is 1.92. The minimum Gasteiger partial charge on any atom is -0.494 e. The third-order valence-corrected chi connectivity index (χ3v) is 3.41. The van der Waals surface area contributed by atoms with Gasteiger partial charge in [-0.05, 0) is 49.7 Å². The van der Waals surface area contributed by atoms with Crippen molar-refractivity contribution in [2.45, 2.75) is 25.7 Å². The maximum atomic E-state index is 12.4. The van der Waals surface area contributed by atoms with Crippen LogP contribution in [0.4, 0.5) is 4.39 Å². The molecule has 0 radical (unpaired) electrons. The molecule has 2 heteroatoms. The maximum absolute atomic E-state index is 12.4. The van der Waals surface area contributed by atoms with Crippen LogP contribution in [0.3, 0.4) is 0 Å². The van der Waals surface area contributed by atoms with Gasteiger partial charge in [-0.2, -0.15) is 0 Å². The Morgan fingerprint density at radius 2 is 1.88 bits per heavy atom. The first-order valence-corrected chi connectivity index (χ1v) is 6.12. The normalized spacial score (nSPS) is 24.6. The van der Waals surface area contributed by atoms with Gasteiger partial charge in [-0.25, -0.2) is 0 Å². The molecule has 1 aromatic carbocycles. The Hall–Kier alpha value is -1.05. The number of para-hydroxylation sites is 1. The van der Waals surface area contributed by atoms with E-state index in [0.29, 0.717) is 11.8 Å². The summed E-state index contributed by atoms with van der Waals surface area (Å²) >= 11 is 0. The zero-order chi connectivity index (χ0) is 11.2. The van der Waals surface area contributed by atoms with E-state index in [1.165, 1.54) is 6.42 Å². The largest absolute Gasteiger partial charge is 0.494 e. The molecule has 0 amide bonds. The van der Waals surface area contributed by atoms with Gasteiger partial charge in [-0.1, -0.05) is 18.2 Å². The van der Waals surface area contributed by atoms with Crippen LogP contribution in [0.1, 0.15) is 25.7 Å². The number of benzene rings is 1. The summed E-state index contributed by atoms with van der Waals surface area (Å²) in [7, 11) is 0. The molecule has 2 unspecified atom stereocenters. The fourth-order valence-electron chi connectivity index (χ4n) is 2.44. The molecule has 0 heterocycles. The first kappa shape index (κ1) is 11.4. The molecule has 16 heavy (non-hydrogen) atoms. The third kappa shape index (κ3) is 3.22. The summed E-state index contributed by atoms with van der Waals surface area (Å²) in [6, 6.07) is 9.88. The lowest BCUT2D eigenvalue weighted by Gasteiger charge is -2.10. The second kappa shape index (κ2) is 5.88. The molecular formula is C14H19FO. The maximum Gasteiger partial charge on any atom is 0.119 e. The minimum atomic E-state index is -0.143. The standard InChI is InChI=1S/C14H19FO/c15-11-13-7-6-12(10-13)8-9-16-14-4-2-1-3-5-14/h1-5,12-13H,6-11H2. The van der Waals surface area contributed by atoms with Crippen molar-refractivity contribution in [3.05, 3.63) is 30.3 Å². The van der Waals surface area contributed by atoms with Crippen LogP contribution < -0.4 is 4.74 Å². The van der Waals surface area contributed by atoms with Crippen LogP contribution >= 0.6 is 0 Å². The fraction of sp³-hybridized carbons (Fsp3) is 0.571. The lowest BCUT2D eigenvalue weighted by atomic mass is 10.0. The molecule has 1 aliphatic rings. The van der Waals surface area contributed by atoms with E-state index in [-0.39, 0.29) is 6.67 Å². The predicted octanol–water partition coefficient (Wildman–Crippen LogP) is 3.84. The summed E-state index contributed by atoms with van der Waals surface area (Å²) in [6.07, 6.45) is 4.35. The molecule has 0 aromatic heterocycles. The van der Waals surface area contributed by atoms with Crippen molar-refractivity contribution >= 4 is 0 Å². The number of halogens is 1. The number of hydrogen-bond acceptors (Lipinski definition) is 1. The van der Waals surface area contributed by atoms with Crippen molar-refractivity contribution in [2.24, 2.45) is 11.8 Å². The Balaban J connectivity index is 1.65. The average molecular weight is 222 g/mol. The Bertz CT molecular complexity index is 299. The van der Waals surface area contributed by atoms with Gasteiger partial charge >= 0.3 is 0 Å². The molecule has 88 valence electrons. The average Bonchev–Trinajstić information content (AvgIpc) is 2.78. The minimum absolute atomic E-state index is 0.143. The van der Waals surface area contributed by atoms with Crippen LogP contribution in [0.2, 0.25) is 0 Å². The highest BCUT2D eigenvalue weighted by Crippen LogP contribution is 2.33. The lowest BCUT2D eigenvalue weighted by molar-refractivity contribution is 0.273. The molecule has 1 aromatic rings. The summed E-state index contributed by atoms with van der Waals surface area (Å²) in [4.78, 5) is 0. The molecule has 2 atom stereocenters. The molecule has 0 saturated heterocycles. The Labute approximate surface area is 96.6 Å². The smallest absolute Gasteiger partial charge is 0.119 e. The van der Waals surface area contributed by atoms with Gasteiger partial charge in [0.1, 0.15) is 5.75 Å². The Morgan fingerprint density at radius 3 is 2.56 bits per heavy atom. The van der Waals surface area contributed by atoms with Crippen molar-refractivity contribution in [3.8, 4) is 5.75 Å². The van der Waals surface area contributed by atoms with E-state index >= 15 is 0 Å². The van der Waals surface area contributed by atoms with Gasteiger partial charge in [-0.3, -0.25) is 4.39 Å². The molecule has 0 N–H and O–H groups in total. The number of rotatable bonds is 5. The van der Waals surface area contributed by atoms with Gasteiger partial charge in [0, 0.05) is 0 Å². The Morgan fingerprint density at radius 1 is 1.12 bits per heavy atom. The van der Waals surface area contributed by atoms with Crippen LogP contribution in [-0.4, -0.2) is 13.3 Å². The first-order valence-electron chi connectivity index (χ1n) is 6.12. The third-order valence-electron chi connectivity index (χ3n) is 3.41. The zero-order valence-electron chi connectivity index (χ0n) is 9.57. The highest BCUT2D eigenvalue weighted by Gasteiger charge is 2.24. The highest BCUT2D eigenvalue weighted by atomic mass is 19.1. The molecule has 1 aliphatic carbocycles. The fourth-order valence-corrected chi connectivity index (χ4v) is 2.44. The molecule has 2 rings (SSSR count). The summed E-state index contributed by atoms with van der Waals surface area (Å²) < 4.78 is 18.1. The second-order valence-electron chi connectivity index (χ2n) is 4.65. The van der Waals surface area contributed by atoms with E-state index in [0.717, 1.165) is 31.6 Å². The highest BCUT2D eigenvalue weighted by molar-refractivity contribution is 5.20. The number of alkyl halides is 1. The summed E-state index contributed by atoms with van der Waals surface area (Å²) in [6.45, 7) is 0.615. The molecule has 0 spiro atoms. The first-order chi connectivity index (χ1) is 7.88. The van der Waals surface area contributed by atoms with Crippen LogP contribution in [0, 0.1) is 11.8 Å². The van der Waals surface area contributed by atoms with Crippen molar-refractivity contribution in [3.63, 3.8) is 0 Å². The molecule has 1 saturated carbocycles. The molecule has 0 bridgehead atoms. The molecule has 0 aliphatic heterocycles. The quantitative estimate of drug-likeness (QED) is 0.735. The van der Waals surface area contributed by atoms with E-state index in [1.54, 1.807) is 0 Å². The van der Waals surface area contributed by atoms with Crippen LogP contribution in [0.5, 0.6) is 5.75 Å². The van der Waals surface area contributed by atoms with E-state index in [2.05, 4.69) is 0 Å².